The van der Waals surface area contributed by atoms with Gasteiger partial charge in [-0.1, -0.05) is 0 Å². The fourth-order valence-corrected chi connectivity index (χ4v) is 1.26. The smallest absolute Gasteiger partial charge is 0.312 e. The van der Waals surface area contributed by atoms with Crippen LogP contribution in [0.25, 0.3) is 0 Å². The van der Waals surface area contributed by atoms with Gasteiger partial charge in [0.2, 0.25) is 0 Å². The summed E-state index contributed by atoms with van der Waals surface area (Å²) in [6, 6.07) is -0.0230. The number of piperazine rings is 1. The third-order valence-electron chi connectivity index (χ3n) is 2.23. The molecule has 1 unspecified atom stereocenters. The van der Waals surface area contributed by atoms with Gasteiger partial charge >= 0.3 is 11.8 Å². The molecule has 1 fully saturated rings. The summed E-state index contributed by atoms with van der Waals surface area (Å²) in [6.07, 6.45) is 0.628. The predicted molar refractivity (Wildman–Crippen MR) is 44.9 cm³/mol. The van der Waals surface area contributed by atoms with Crippen molar-refractivity contribution in [1.29, 1.82) is 0 Å². The minimum absolute atomic E-state index is 0.00273. The quantitative estimate of drug-likeness (QED) is 0.403. The van der Waals surface area contributed by atoms with Gasteiger partial charge in [0.1, 0.15) is 6.29 Å². The van der Waals surface area contributed by atoms with E-state index in [0.29, 0.717) is 12.8 Å². The van der Waals surface area contributed by atoms with Crippen molar-refractivity contribution in [2.24, 2.45) is 0 Å². The van der Waals surface area contributed by atoms with Gasteiger partial charge in [-0.25, -0.2) is 0 Å². The zero-order valence-corrected chi connectivity index (χ0v) is 7.69. The Bertz CT molecular complexity index is 252. The zero-order valence-electron chi connectivity index (χ0n) is 7.69. The fourth-order valence-electron chi connectivity index (χ4n) is 1.26. The summed E-state index contributed by atoms with van der Waals surface area (Å²) in [6.45, 7) is 2.27. The van der Waals surface area contributed by atoms with Crippen molar-refractivity contribution < 1.29 is 14.4 Å². The molecule has 72 valence electrons. The maximum Gasteiger partial charge on any atom is 0.312 e. The largest absolute Gasteiger partial charge is 0.333 e. The molecule has 5 heteroatoms. The van der Waals surface area contributed by atoms with E-state index < -0.39 is 11.8 Å². The molecule has 0 saturated carbocycles. The SMILES string of the molecule is CC1CN(CC=O)C(=O)C(=O)N1C. The van der Waals surface area contributed by atoms with Crippen LogP contribution in [-0.2, 0) is 14.4 Å². The van der Waals surface area contributed by atoms with E-state index in [9.17, 15) is 14.4 Å². The Balaban J connectivity index is 2.76. The van der Waals surface area contributed by atoms with E-state index >= 15 is 0 Å². The monoisotopic (exact) mass is 184 g/mol. The molecule has 1 aliphatic heterocycles. The molecule has 0 radical (unpaired) electrons. The third-order valence-corrected chi connectivity index (χ3v) is 2.23. The molecule has 2 amide bonds. The van der Waals surface area contributed by atoms with Crippen molar-refractivity contribution in [2.45, 2.75) is 13.0 Å². The first-order valence-electron chi connectivity index (χ1n) is 4.07. The first-order chi connectivity index (χ1) is 6.07. The average Bonchev–Trinajstić information content (AvgIpc) is 2.11. The molecule has 0 aromatic rings. The minimum Gasteiger partial charge on any atom is -0.333 e. The van der Waals surface area contributed by atoms with E-state index in [1.165, 1.54) is 9.80 Å². The molecule has 5 nitrogen and oxygen atoms in total. The molecule has 0 aromatic carbocycles. The number of hydrogen-bond acceptors (Lipinski definition) is 3. The van der Waals surface area contributed by atoms with Gasteiger partial charge < -0.3 is 14.6 Å². The number of amides is 2. The number of aldehydes is 1. The lowest BCUT2D eigenvalue weighted by Gasteiger charge is -2.35. The van der Waals surface area contributed by atoms with Gasteiger partial charge in [0.15, 0.2) is 0 Å². The molecule has 0 spiro atoms. The van der Waals surface area contributed by atoms with Crippen molar-refractivity contribution >= 4 is 18.1 Å². The van der Waals surface area contributed by atoms with Gasteiger partial charge in [-0.05, 0) is 6.92 Å². The molecule has 1 atom stereocenters. The van der Waals surface area contributed by atoms with Crippen LogP contribution in [0.4, 0.5) is 0 Å². The Kier molecular flexibility index (Phi) is 2.65. The van der Waals surface area contributed by atoms with Crippen LogP contribution in [0.2, 0.25) is 0 Å². The molecule has 0 aromatic heterocycles. The van der Waals surface area contributed by atoms with E-state index in [-0.39, 0.29) is 12.6 Å². The van der Waals surface area contributed by atoms with Crippen molar-refractivity contribution in [1.82, 2.24) is 9.80 Å². The molecule has 1 aliphatic rings. The highest BCUT2D eigenvalue weighted by atomic mass is 16.2. The first kappa shape index (κ1) is 9.70. The van der Waals surface area contributed by atoms with Gasteiger partial charge in [-0.15, -0.1) is 0 Å². The van der Waals surface area contributed by atoms with E-state index in [0.717, 1.165) is 0 Å². The van der Waals surface area contributed by atoms with Crippen molar-refractivity contribution in [3.05, 3.63) is 0 Å². The van der Waals surface area contributed by atoms with Crippen molar-refractivity contribution in [2.75, 3.05) is 20.1 Å². The highest BCUT2D eigenvalue weighted by Gasteiger charge is 2.34. The standard InChI is InChI=1S/C8H12N2O3/c1-6-5-10(3-4-11)8(13)7(12)9(6)2/h4,6H,3,5H2,1-2H3. The fraction of sp³-hybridized carbons (Fsp3) is 0.625. The second-order valence-electron chi connectivity index (χ2n) is 3.14. The van der Waals surface area contributed by atoms with Crippen LogP contribution < -0.4 is 0 Å². The molecule has 0 bridgehead atoms. The number of rotatable bonds is 2. The van der Waals surface area contributed by atoms with Crippen molar-refractivity contribution in [3.8, 4) is 0 Å². The van der Waals surface area contributed by atoms with Crippen LogP contribution in [0.3, 0.4) is 0 Å². The van der Waals surface area contributed by atoms with Crippen LogP contribution >= 0.6 is 0 Å². The molecular formula is C8H12N2O3. The summed E-state index contributed by atoms with van der Waals surface area (Å²) in [5.41, 5.74) is 0. The van der Waals surface area contributed by atoms with Gasteiger partial charge in [-0.2, -0.15) is 0 Å². The molecule has 13 heavy (non-hydrogen) atoms. The van der Waals surface area contributed by atoms with Crippen LogP contribution in [0.15, 0.2) is 0 Å². The second-order valence-corrected chi connectivity index (χ2v) is 3.14. The second kappa shape index (κ2) is 3.55. The average molecular weight is 184 g/mol. The number of carbonyl (C=O) groups excluding carboxylic acids is 3. The normalized spacial score (nSPS) is 23.7. The lowest BCUT2D eigenvalue weighted by Crippen LogP contribution is -2.57. The Morgan fingerprint density at radius 2 is 2.08 bits per heavy atom. The highest BCUT2D eigenvalue weighted by molar-refractivity contribution is 6.35. The molecule has 1 heterocycles. The summed E-state index contributed by atoms with van der Waals surface area (Å²) in [5, 5.41) is 0. The van der Waals surface area contributed by atoms with Gasteiger partial charge in [-0.3, -0.25) is 9.59 Å². The van der Waals surface area contributed by atoms with Gasteiger partial charge in [0.25, 0.3) is 0 Å². The van der Waals surface area contributed by atoms with Gasteiger partial charge in [0.05, 0.1) is 6.54 Å². The van der Waals surface area contributed by atoms with E-state index in [1.54, 1.807) is 7.05 Å². The maximum absolute atomic E-state index is 11.2. The lowest BCUT2D eigenvalue weighted by atomic mass is 10.2. The Morgan fingerprint density at radius 3 is 2.62 bits per heavy atom. The maximum atomic E-state index is 11.2. The van der Waals surface area contributed by atoms with E-state index in [1.807, 2.05) is 6.92 Å². The predicted octanol–water partition coefficient (Wildman–Crippen LogP) is -1.13. The molecule has 1 saturated heterocycles. The summed E-state index contributed by atoms with van der Waals surface area (Å²) < 4.78 is 0. The number of likely N-dealkylation sites (N-methyl/N-ethyl adjacent to an activating group) is 1. The Hall–Kier alpha value is -1.39. The zero-order chi connectivity index (χ0) is 10.0. The first-order valence-corrected chi connectivity index (χ1v) is 4.07. The summed E-state index contributed by atoms with van der Waals surface area (Å²) in [5.74, 6) is -1.13. The Morgan fingerprint density at radius 1 is 1.46 bits per heavy atom. The summed E-state index contributed by atoms with van der Waals surface area (Å²) in [7, 11) is 1.59. The van der Waals surface area contributed by atoms with Crippen LogP contribution in [0.1, 0.15) is 6.92 Å². The van der Waals surface area contributed by atoms with E-state index in [4.69, 9.17) is 0 Å². The molecular weight excluding hydrogens is 172 g/mol. The van der Waals surface area contributed by atoms with Crippen molar-refractivity contribution in [3.63, 3.8) is 0 Å². The van der Waals surface area contributed by atoms with Crippen LogP contribution in [0.5, 0.6) is 0 Å². The summed E-state index contributed by atoms with van der Waals surface area (Å²) in [4.78, 5) is 35.3. The van der Waals surface area contributed by atoms with Crippen LogP contribution in [0, 0.1) is 0 Å². The molecule has 0 N–H and O–H groups in total. The summed E-state index contributed by atoms with van der Waals surface area (Å²) >= 11 is 0. The lowest BCUT2D eigenvalue weighted by molar-refractivity contribution is -0.157. The van der Waals surface area contributed by atoms with Crippen LogP contribution in [-0.4, -0.2) is 54.1 Å². The Labute approximate surface area is 76.3 Å². The molecule has 0 aliphatic carbocycles. The highest BCUT2D eigenvalue weighted by Crippen LogP contribution is 2.08. The van der Waals surface area contributed by atoms with E-state index in [2.05, 4.69) is 0 Å². The van der Waals surface area contributed by atoms with Gasteiger partial charge in [0, 0.05) is 19.6 Å². The number of nitrogens with zero attached hydrogens (tertiary/aromatic N) is 2. The third kappa shape index (κ3) is 1.68. The minimum atomic E-state index is -0.590. The number of hydrogen-bond donors (Lipinski definition) is 0. The topological polar surface area (TPSA) is 57.7 Å². The molecule has 1 rings (SSSR count). The number of carbonyl (C=O) groups is 3.